The zero-order chi connectivity index (χ0) is 13.8. The predicted molar refractivity (Wildman–Crippen MR) is 58.7 cm³/mol. The maximum absolute atomic E-state index is 12.0. The molecule has 0 amide bonds. The van der Waals surface area contributed by atoms with Crippen LogP contribution in [0.25, 0.3) is 0 Å². The van der Waals surface area contributed by atoms with Gasteiger partial charge in [-0.25, -0.2) is 21.9 Å². The van der Waals surface area contributed by atoms with E-state index in [1.165, 1.54) is 19.2 Å². The summed E-state index contributed by atoms with van der Waals surface area (Å²) in [6, 6.07) is 2.67. The first kappa shape index (κ1) is 15.0. The Morgan fingerprint density at radius 2 is 2.11 bits per heavy atom. The fraction of sp³-hybridized carbons (Fsp3) is 0.556. The predicted octanol–water partition coefficient (Wildman–Crippen LogP) is -0.0967. The maximum Gasteiger partial charge on any atom is 0.273 e. The van der Waals surface area contributed by atoms with E-state index in [1.54, 1.807) is 0 Å². The van der Waals surface area contributed by atoms with E-state index < -0.39 is 22.6 Å². The molecule has 6 nitrogen and oxygen atoms in total. The second-order valence-corrected chi connectivity index (χ2v) is 5.28. The summed E-state index contributed by atoms with van der Waals surface area (Å²) in [4.78, 5) is 0. The molecule has 3 N–H and O–H groups in total. The highest BCUT2D eigenvalue weighted by atomic mass is 32.2. The number of sulfonamides is 1. The quantitative estimate of drug-likeness (QED) is 0.650. The molecule has 1 aromatic heterocycles. The molecule has 0 aromatic carbocycles. The van der Waals surface area contributed by atoms with Crippen LogP contribution < -0.4 is 10.0 Å². The first-order valence-electron chi connectivity index (χ1n) is 5.06. The standard InChI is InChI=1S/C9H14F2N2O4S/c1-12-18(15,16)8-3-2-6(17-8)4-13-5-7(14)9(10)11/h2-3,7,9,12-14H,4-5H2,1H3. The van der Waals surface area contributed by atoms with Crippen molar-refractivity contribution in [1.82, 2.24) is 10.0 Å². The van der Waals surface area contributed by atoms with Crippen molar-refractivity contribution in [3.63, 3.8) is 0 Å². The Kier molecular flexibility index (Phi) is 5.20. The van der Waals surface area contributed by atoms with Gasteiger partial charge in [0.15, 0.2) is 0 Å². The van der Waals surface area contributed by atoms with Gasteiger partial charge in [-0.2, -0.15) is 0 Å². The molecule has 0 aliphatic rings. The van der Waals surface area contributed by atoms with Gasteiger partial charge >= 0.3 is 0 Å². The molecule has 0 saturated carbocycles. The Morgan fingerprint density at radius 1 is 1.44 bits per heavy atom. The zero-order valence-electron chi connectivity index (χ0n) is 9.56. The first-order chi connectivity index (χ1) is 8.36. The Balaban J connectivity index is 2.51. The van der Waals surface area contributed by atoms with E-state index in [4.69, 9.17) is 9.52 Å². The van der Waals surface area contributed by atoms with Crippen molar-refractivity contribution in [2.75, 3.05) is 13.6 Å². The summed E-state index contributed by atoms with van der Waals surface area (Å²) in [6.07, 6.45) is -4.59. The summed E-state index contributed by atoms with van der Waals surface area (Å²) in [5, 5.41) is 11.1. The van der Waals surface area contributed by atoms with Crippen LogP contribution in [0.1, 0.15) is 5.76 Å². The van der Waals surface area contributed by atoms with Crippen molar-refractivity contribution in [1.29, 1.82) is 0 Å². The van der Waals surface area contributed by atoms with Gasteiger partial charge in [-0.15, -0.1) is 0 Å². The van der Waals surface area contributed by atoms with Crippen molar-refractivity contribution >= 4 is 10.0 Å². The van der Waals surface area contributed by atoms with Crippen LogP contribution in [0.5, 0.6) is 0 Å². The molecule has 0 fully saturated rings. The van der Waals surface area contributed by atoms with Gasteiger partial charge in [-0.3, -0.25) is 0 Å². The van der Waals surface area contributed by atoms with Crippen molar-refractivity contribution in [2.24, 2.45) is 0 Å². The number of alkyl halides is 2. The molecule has 18 heavy (non-hydrogen) atoms. The number of hydrogen-bond acceptors (Lipinski definition) is 5. The van der Waals surface area contributed by atoms with E-state index >= 15 is 0 Å². The summed E-state index contributed by atoms with van der Waals surface area (Å²) in [7, 11) is -2.40. The number of aliphatic hydroxyl groups is 1. The highest BCUT2D eigenvalue weighted by Gasteiger charge is 2.18. The minimum Gasteiger partial charge on any atom is -0.447 e. The average Bonchev–Trinajstić information content (AvgIpc) is 2.78. The summed E-state index contributed by atoms with van der Waals surface area (Å²) in [5.74, 6) is 0.269. The van der Waals surface area contributed by atoms with Crippen LogP contribution in [0.4, 0.5) is 8.78 Å². The Bertz CT molecular complexity index is 475. The maximum atomic E-state index is 12.0. The van der Waals surface area contributed by atoms with Gasteiger partial charge in [-0.05, 0) is 19.2 Å². The van der Waals surface area contributed by atoms with Gasteiger partial charge in [0.25, 0.3) is 16.4 Å². The van der Waals surface area contributed by atoms with Gasteiger partial charge in [-0.1, -0.05) is 0 Å². The molecule has 0 radical (unpaired) electrons. The van der Waals surface area contributed by atoms with Crippen LogP contribution in [0, 0.1) is 0 Å². The van der Waals surface area contributed by atoms with Crippen LogP contribution in [0.3, 0.4) is 0 Å². The lowest BCUT2D eigenvalue weighted by atomic mass is 10.3. The number of aliphatic hydroxyl groups excluding tert-OH is 1. The molecule has 0 spiro atoms. The summed E-state index contributed by atoms with van der Waals surface area (Å²) < 4.78 is 53.6. The van der Waals surface area contributed by atoms with Crippen LogP contribution in [0.2, 0.25) is 0 Å². The molecule has 0 aliphatic heterocycles. The third-order valence-corrected chi connectivity index (χ3v) is 3.40. The van der Waals surface area contributed by atoms with Crippen molar-refractivity contribution < 1.29 is 26.7 Å². The number of halogens is 2. The summed E-state index contributed by atoms with van der Waals surface area (Å²) >= 11 is 0. The van der Waals surface area contributed by atoms with Gasteiger partial charge < -0.3 is 14.8 Å². The second kappa shape index (κ2) is 6.23. The van der Waals surface area contributed by atoms with Crippen LogP contribution in [-0.2, 0) is 16.6 Å². The molecule has 1 rings (SSSR count). The van der Waals surface area contributed by atoms with Gasteiger partial charge in [0.05, 0.1) is 6.54 Å². The van der Waals surface area contributed by atoms with Gasteiger partial charge in [0, 0.05) is 6.54 Å². The highest BCUT2D eigenvalue weighted by molar-refractivity contribution is 7.89. The molecule has 1 unspecified atom stereocenters. The van der Waals surface area contributed by atoms with Gasteiger partial charge in [0.1, 0.15) is 11.9 Å². The number of rotatable bonds is 7. The molecule has 0 bridgehead atoms. The molecule has 104 valence electrons. The highest BCUT2D eigenvalue weighted by Crippen LogP contribution is 2.13. The van der Waals surface area contributed by atoms with E-state index in [1.807, 2.05) is 0 Å². The topological polar surface area (TPSA) is 91.6 Å². The fourth-order valence-electron chi connectivity index (χ4n) is 1.13. The van der Waals surface area contributed by atoms with E-state index in [0.29, 0.717) is 0 Å². The molecule has 1 atom stereocenters. The summed E-state index contributed by atoms with van der Waals surface area (Å²) in [5.41, 5.74) is 0. The Labute approximate surface area is 103 Å². The Hall–Kier alpha value is -1.03. The Morgan fingerprint density at radius 3 is 2.67 bits per heavy atom. The molecule has 0 saturated heterocycles. The van der Waals surface area contributed by atoms with Crippen LogP contribution in [-0.4, -0.2) is 39.6 Å². The zero-order valence-corrected chi connectivity index (χ0v) is 10.4. The van der Waals surface area contributed by atoms with Crippen LogP contribution >= 0.6 is 0 Å². The fourth-order valence-corrected chi connectivity index (χ4v) is 1.80. The minimum atomic E-state index is -3.65. The van der Waals surface area contributed by atoms with Crippen molar-refractivity contribution in [2.45, 2.75) is 24.2 Å². The van der Waals surface area contributed by atoms with Crippen molar-refractivity contribution in [3.05, 3.63) is 17.9 Å². The third kappa shape index (κ3) is 4.02. The lowest BCUT2D eigenvalue weighted by molar-refractivity contribution is -0.00362. The largest absolute Gasteiger partial charge is 0.447 e. The lowest BCUT2D eigenvalue weighted by Crippen LogP contribution is -2.31. The first-order valence-corrected chi connectivity index (χ1v) is 6.54. The molecule has 9 heteroatoms. The molecular formula is C9H14F2N2O4S. The molecule has 1 heterocycles. The van der Waals surface area contributed by atoms with Crippen molar-refractivity contribution in [3.8, 4) is 0 Å². The summed E-state index contributed by atoms with van der Waals surface area (Å²) in [6.45, 7) is -0.268. The van der Waals surface area contributed by atoms with E-state index in [0.717, 1.165) is 0 Å². The lowest BCUT2D eigenvalue weighted by Gasteiger charge is -2.09. The average molecular weight is 284 g/mol. The third-order valence-electron chi connectivity index (χ3n) is 2.11. The molecule has 1 aromatic rings. The minimum absolute atomic E-state index is 0.0447. The number of furan rings is 1. The normalized spacial score (nSPS) is 14.1. The number of hydrogen-bond donors (Lipinski definition) is 3. The number of nitrogens with one attached hydrogen (secondary N) is 2. The molecule has 0 aliphatic carbocycles. The monoisotopic (exact) mass is 284 g/mol. The smallest absolute Gasteiger partial charge is 0.273 e. The van der Waals surface area contributed by atoms with E-state index in [2.05, 4.69) is 10.0 Å². The molecular weight excluding hydrogens is 270 g/mol. The van der Waals surface area contributed by atoms with E-state index in [9.17, 15) is 17.2 Å². The van der Waals surface area contributed by atoms with E-state index in [-0.39, 0.29) is 23.9 Å². The second-order valence-electron chi connectivity index (χ2n) is 3.46. The SMILES string of the molecule is CNS(=O)(=O)c1ccc(CNCC(O)C(F)F)o1. The van der Waals surface area contributed by atoms with Gasteiger partial charge in [0.2, 0.25) is 5.09 Å². The van der Waals surface area contributed by atoms with Crippen LogP contribution in [0.15, 0.2) is 21.6 Å².